The van der Waals surface area contributed by atoms with Crippen LogP contribution in [0.5, 0.6) is 5.75 Å². The topological polar surface area (TPSA) is 95.1 Å². The fraction of sp³-hybridized carbons (Fsp3) is 0.143. The number of aromatic nitrogens is 4. The van der Waals surface area contributed by atoms with Crippen LogP contribution >= 0.6 is 0 Å². The van der Waals surface area contributed by atoms with Crippen LogP contribution in [-0.2, 0) is 17.4 Å². The number of carbonyl (C=O) groups is 1. The fourth-order valence-electron chi connectivity index (χ4n) is 2.96. The van der Waals surface area contributed by atoms with Crippen molar-refractivity contribution in [3.63, 3.8) is 0 Å². The zero-order valence-electron chi connectivity index (χ0n) is 16.9. The molecular formula is C21H15F4N5O3. The van der Waals surface area contributed by atoms with E-state index in [4.69, 9.17) is 4.74 Å². The van der Waals surface area contributed by atoms with Crippen molar-refractivity contribution in [3.8, 4) is 22.8 Å². The molecule has 1 amide bonds. The van der Waals surface area contributed by atoms with E-state index in [0.717, 1.165) is 6.07 Å². The summed E-state index contributed by atoms with van der Waals surface area (Å²) >= 11 is 0. The molecule has 4 rings (SSSR count). The highest BCUT2D eigenvalue weighted by molar-refractivity contribution is 5.93. The number of rotatable bonds is 6. The van der Waals surface area contributed by atoms with Crippen LogP contribution in [0.15, 0.2) is 59.5 Å². The molecule has 1 N–H and O–H groups in total. The number of amides is 1. The minimum absolute atomic E-state index is 0.0469. The molecular weight excluding hydrogens is 446 g/mol. The summed E-state index contributed by atoms with van der Waals surface area (Å²) in [6.07, 6.45) is -1.64. The number of nitrogens with zero attached hydrogens (tertiary/aromatic N) is 4. The van der Waals surface area contributed by atoms with Gasteiger partial charge >= 0.3 is 12.1 Å². The Morgan fingerprint density at radius 3 is 2.61 bits per heavy atom. The minimum Gasteiger partial charge on any atom is -0.494 e. The standard InChI is InChI=1S/C21H15F4N5O3/c1-32-17-8-13(22)4-7-16(17)27-18(31)9-14-10-30(11-26-14)15-5-2-12(3-6-15)19-28-20(33-29-19)21(23,24)25/h2-8,10-11H,9H2,1H3,(H,27,31). The lowest BCUT2D eigenvalue weighted by Crippen LogP contribution is -2.15. The number of nitrogens with one attached hydrogen (secondary N) is 1. The summed E-state index contributed by atoms with van der Waals surface area (Å²) in [4.78, 5) is 19.9. The fourth-order valence-corrected chi connectivity index (χ4v) is 2.96. The van der Waals surface area contributed by atoms with Crippen LogP contribution in [0.1, 0.15) is 11.6 Å². The zero-order valence-corrected chi connectivity index (χ0v) is 16.9. The van der Waals surface area contributed by atoms with Crippen molar-refractivity contribution >= 4 is 11.6 Å². The average molecular weight is 461 g/mol. The van der Waals surface area contributed by atoms with Crippen LogP contribution < -0.4 is 10.1 Å². The van der Waals surface area contributed by atoms with E-state index >= 15 is 0 Å². The van der Waals surface area contributed by atoms with E-state index in [1.807, 2.05) is 0 Å². The Bertz CT molecular complexity index is 1280. The molecule has 0 aliphatic heterocycles. The van der Waals surface area contributed by atoms with Gasteiger partial charge in [0.15, 0.2) is 0 Å². The molecule has 0 aliphatic rings. The number of benzene rings is 2. The SMILES string of the molecule is COc1cc(F)ccc1NC(=O)Cc1cn(-c2ccc(-c3noc(C(F)(F)F)n3)cc2)cn1. The number of imidazole rings is 1. The third-order valence-corrected chi connectivity index (χ3v) is 4.51. The lowest BCUT2D eigenvalue weighted by molar-refractivity contribution is -0.159. The third kappa shape index (κ3) is 5.00. The summed E-state index contributed by atoms with van der Waals surface area (Å²) in [7, 11) is 1.37. The molecule has 0 atom stereocenters. The molecule has 0 fully saturated rings. The van der Waals surface area contributed by atoms with Gasteiger partial charge in [-0.25, -0.2) is 9.37 Å². The van der Waals surface area contributed by atoms with E-state index in [2.05, 4.69) is 25.0 Å². The van der Waals surface area contributed by atoms with Crippen LogP contribution in [0, 0.1) is 5.82 Å². The Morgan fingerprint density at radius 2 is 1.94 bits per heavy atom. The number of alkyl halides is 3. The highest BCUT2D eigenvalue weighted by atomic mass is 19.4. The second-order valence-electron chi connectivity index (χ2n) is 6.81. The Labute approximate surface area is 183 Å². The Morgan fingerprint density at radius 1 is 1.18 bits per heavy atom. The molecule has 2 aromatic carbocycles. The van der Waals surface area contributed by atoms with Crippen LogP contribution in [0.4, 0.5) is 23.2 Å². The first-order chi connectivity index (χ1) is 15.7. The number of anilines is 1. The molecule has 0 radical (unpaired) electrons. The van der Waals surface area contributed by atoms with E-state index in [0.29, 0.717) is 22.6 Å². The minimum atomic E-state index is -4.72. The Hall–Kier alpha value is -4.22. The quantitative estimate of drug-likeness (QED) is 0.431. The number of halogens is 4. The summed E-state index contributed by atoms with van der Waals surface area (Å²) in [5, 5.41) is 5.99. The van der Waals surface area contributed by atoms with Gasteiger partial charge in [0.25, 0.3) is 0 Å². The maximum atomic E-state index is 13.3. The van der Waals surface area contributed by atoms with Gasteiger partial charge in [0.1, 0.15) is 11.6 Å². The lowest BCUT2D eigenvalue weighted by Gasteiger charge is -2.09. The zero-order chi connectivity index (χ0) is 23.6. The summed E-state index contributed by atoms with van der Waals surface area (Å²) < 4.78 is 62.1. The van der Waals surface area contributed by atoms with Gasteiger partial charge < -0.3 is 19.1 Å². The monoisotopic (exact) mass is 461 g/mol. The molecule has 0 saturated carbocycles. The lowest BCUT2D eigenvalue weighted by atomic mass is 10.2. The van der Waals surface area contributed by atoms with Crippen molar-refractivity contribution in [1.29, 1.82) is 0 Å². The molecule has 0 saturated heterocycles. The molecule has 8 nitrogen and oxygen atoms in total. The van der Waals surface area contributed by atoms with Crippen LogP contribution in [-0.4, -0.2) is 32.7 Å². The second kappa shape index (κ2) is 8.73. The number of carbonyl (C=O) groups excluding carboxylic acids is 1. The maximum Gasteiger partial charge on any atom is 0.471 e. The Balaban J connectivity index is 1.43. The smallest absolute Gasteiger partial charge is 0.471 e. The van der Waals surface area contributed by atoms with Crippen molar-refractivity contribution in [2.45, 2.75) is 12.6 Å². The molecule has 33 heavy (non-hydrogen) atoms. The molecule has 0 spiro atoms. The van der Waals surface area contributed by atoms with Crippen molar-refractivity contribution in [2.24, 2.45) is 0 Å². The van der Waals surface area contributed by atoms with Crippen molar-refractivity contribution in [3.05, 3.63) is 72.4 Å². The predicted octanol–water partition coefficient (Wildman–Crippen LogP) is 4.27. The second-order valence-corrected chi connectivity index (χ2v) is 6.81. The highest BCUT2D eigenvalue weighted by Gasteiger charge is 2.38. The van der Waals surface area contributed by atoms with Gasteiger partial charge in [-0.15, -0.1) is 0 Å². The summed E-state index contributed by atoms with van der Waals surface area (Å²) in [6, 6.07) is 10.1. The predicted molar refractivity (Wildman–Crippen MR) is 107 cm³/mol. The summed E-state index contributed by atoms with van der Waals surface area (Å²) in [5.41, 5.74) is 1.78. The molecule has 170 valence electrons. The van der Waals surface area contributed by atoms with Gasteiger partial charge in [-0.1, -0.05) is 5.16 Å². The van der Waals surface area contributed by atoms with Gasteiger partial charge in [-0.2, -0.15) is 18.2 Å². The third-order valence-electron chi connectivity index (χ3n) is 4.51. The molecule has 0 aliphatic carbocycles. The number of methoxy groups -OCH3 is 1. The molecule has 0 bridgehead atoms. The first-order valence-electron chi connectivity index (χ1n) is 9.41. The largest absolute Gasteiger partial charge is 0.494 e. The normalized spacial score (nSPS) is 11.4. The van der Waals surface area contributed by atoms with Crippen LogP contribution in [0.3, 0.4) is 0 Å². The van der Waals surface area contributed by atoms with E-state index in [-0.39, 0.29) is 23.9 Å². The van der Waals surface area contributed by atoms with Gasteiger partial charge in [0.05, 0.1) is 31.2 Å². The average Bonchev–Trinajstić information content (AvgIpc) is 3.45. The van der Waals surface area contributed by atoms with Gasteiger partial charge in [-0.3, -0.25) is 4.79 Å². The van der Waals surface area contributed by atoms with Crippen molar-refractivity contribution in [2.75, 3.05) is 12.4 Å². The van der Waals surface area contributed by atoms with Gasteiger partial charge in [-0.05, 0) is 36.4 Å². The van der Waals surface area contributed by atoms with E-state index in [9.17, 15) is 22.4 Å². The molecule has 2 aromatic heterocycles. The van der Waals surface area contributed by atoms with E-state index in [1.54, 1.807) is 22.9 Å². The molecule has 4 aromatic rings. The van der Waals surface area contributed by atoms with Crippen molar-refractivity contribution < 1.29 is 31.6 Å². The molecule has 2 heterocycles. The number of ether oxygens (including phenoxy) is 1. The molecule has 0 unspecified atom stereocenters. The molecule has 12 heteroatoms. The van der Waals surface area contributed by atoms with Crippen LogP contribution in [0.25, 0.3) is 17.1 Å². The van der Waals surface area contributed by atoms with Gasteiger partial charge in [0.2, 0.25) is 11.7 Å². The highest BCUT2D eigenvalue weighted by Crippen LogP contribution is 2.29. The van der Waals surface area contributed by atoms with Crippen LogP contribution in [0.2, 0.25) is 0 Å². The summed E-state index contributed by atoms with van der Waals surface area (Å²) in [5.74, 6) is -2.28. The first-order valence-corrected chi connectivity index (χ1v) is 9.41. The van der Waals surface area contributed by atoms with E-state index < -0.39 is 17.9 Å². The summed E-state index contributed by atoms with van der Waals surface area (Å²) in [6.45, 7) is 0. The van der Waals surface area contributed by atoms with E-state index in [1.165, 1.54) is 37.7 Å². The Kier molecular flexibility index (Phi) is 5.82. The number of hydrogen-bond acceptors (Lipinski definition) is 6. The number of hydrogen-bond donors (Lipinski definition) is 1. The van der Waals surface area contributed by atoms with Gasteiger partial charge in [0, 0.05) is 23.5 Å². The maximum absolute atomic E-state index is 13.3. The first kappa shape index (κ1) is 22.0. The van der Waals surface area contributed by atoms with Crippen molar-refractivity contribution in [1.82, 2.24) is 19.7 Å².